The molecule has 0 bridgehead atoms. The van der Waals surface area contributed by atoms with Crippen LogP contribution >= 0.6 is 15.9 Å². The van der Waals surface area contributed by atoms with Gasteiger partial charge in [0.2, 0.25) is 0 Å². The van der Waals surface area contributed by atoms with E-state index in [4.69, 9.17) is 24.3 Å². The molecular weight excluding hydrogens is 1470 g/mol. The summed E-state index contributed by atoms with van der Waals surface area (Å²) < 4.78 is 15.5. The molecule has 0 amide bonds. The number of para-hydroxylation sites is 12. The minimum absolute atomic E-state index is 0.0493. The van der Waals surface area contributed by atoms with Crippen molar-refractivity contribution in [3.8, 4) is 39.5 Å². The lowest BCUT2D eigenvalue weighted by molar-refractivity contribution is 0.00578. The van der Waals surface area contributed by atoms with Gasteiger partial charge in [-0.3, -0.25) is 0 Å². The van der Waals surface area contributed by atoms with Crippen molar-refractivity contribution in [2.45, 2.75) is 96.7 Å². The zero-order valence-electron chi connectivity index (χ0n) is 66.2. The molecule has 12 heteroatoms. The van der Waals surface area contributed by atoms with Gasteiger partial charge in [0, 0.05) is 66.5 Å². The highest BCUT2D eigenvalue weighted by Gasteiger charge is 2.52. The quantitative estimate of drug-likeness (QED) is 0.138. The third-order valence-corrected chi connectivity index (χ3v) is 25.0. The summed E-state index contributed by atoms with van der Waals surface area (Å²) in [6.07, 6.45) is 0. The monoisotopic (exact) mass is 1560 g/mol. The average molecular weight is 1560 g/mol. The van der Waals surface area contributed by atoms with E-state index in [2.05, 4.69) is 401 Å². The van der Waals surface area contributed by atoms with Crippen molar-refractivity contribution < 1.29 is 9.31 Å². The lowest BCUT2D eigenvalue weighted by Gasteiger charge is -2.42. The van der Waals surface area contributed by atoms with Crippen LogP contribution in [-0.2, 0) is 25.6 Å². The molecule has 7 heterocycles. The number of hydrogen-bond donors (Lipinski definition) is 0. The largest absolute Gasteiger partial charge is 0.494 e. The van der Waals surface area contributed by atoms with E-state index in [9.17, 15) is 0 Å². The molecule has 1 fully saturated rings. The summed E-state index contributed by atoms with van der Waals surface area (Å²) in [5.41, 5.74) is 31.4. The number of benzene rings is 14. The van der Waals surface area contributed by atoms with Crippen LogP contribution in [0.2, 0.25) is 0 Å². The Kier molecular flexibility index (Phi) is 17.8. The SMILES string of the molecule is Brc1nc2ccccc2nc1-c1ccc(-n2c3ccccc3c3ccccc32)cc1.CC1(C)c2ccccc2N(c2ccc(-c3nc4ccccc4nc3-c3ccc(N4c5ccccc5C(C)(C)c5ccccc54)cc3)cc2)c2ccccc21.CC1(C)c2ccccc2N(c2ccc(B3OC(C)(C)C(C)(C)O3)cc2)c2ccccc21. The number of hydrogen-bond acceptors (Lipinski definition) is 9. The standard InChI is InChI=1S/C50H40N4.C27H30BNO2.C26H16BrN3/c1-49(2)37-15-5-11-21-43(37)53(44-22-12-6-16-38(44)49)35-29-25-33(26-30-35)47-48(52-42-20-10-9-19-41(42)51-47)34-27-31-36(32-28-34)54-45-23-13-7-17-39(45)50(3,4)40-18-8-14-24-46(40)54;1-25(2)21-11-7-9-13-23(21)29(24-14-10-8-12-22(24)25)20-17-15-19(16-18-20)28-30-26(3,4)27(5,6)31-28;27-26-25(28-21-9-3-4-10-22(21)29-26)17-13-15-18(16-14-17)30-23-11-5-1-7-19(23)20-8-2-6-12-24(20)30/h5-32H,1-4H3;7-18H,1-6H3;1-16H. The average Bonchev–Trinajstić information content (AvgIpc) is 1.72. The maximum Gasteiger partial charge on any atom is 0.494 e. The van der Waals surface area contributed by atoms with Crippen molar-refractivity contribution in [3.63, 3.8) is 0 Å². The zero-order valence-corrected chi connectivity index (χ0v) is 67.8. The fourth-order valence-corrected chi connectivity index (χ4v) is 18.2. The molecule has 4 aliphatic heterocycles. The molecule has 0 radical (unpaired) electrons. The maximum atomic E-state index is 6.24. The normalized spacial score (nSPS) is 15.5. The number of nitrogens with zero attached hydrogens (tertiary/aromatic N) is 8. The van der Waals surface area contributed by atoms with Crippen molar-refractivity contribution in [1.82, 2.24) is 24.5 Å². The molecule has 14 aromatic carbocycles. The third-order valence-electron chi connectivity index (χ3n) is 24.5. The Bertz CT molecular complexity index is 6230. The molecule has 0 N–H and O–H groups in total. The fraction of sp³-hybridized carbons (Fsp3) is 0.146. The molecule has 0 unspecified atom stereocenters. The molecule has 0 saturated carbocycles. The lowest BCUT2D eigenvalue weighted by Crippen LogP contribution is -2.41. The molecule has 0 spiro atoms. The van der Waals surface area contributed by atoms with Gasteiger partial charge in [0.25, 0.3) is 0 Å². The first-order valence-corrected chi connectivity index (χ1v) is 40.4. The van der Waals surface area contributed by atoms with Gasteiger partial charge in [0.1, 0.15) is 10.3 Å². The van der Waals surface area contributed by atoms with Crippen LogP contribution in [0.15, 0.2) is 344 Å². The van der Waals surface area contributed by atoms with Crippen LogP contribution in [0.4, 0.5) is 51.2 Å². The van der Waals surface area contributed by atoms with Gasteiger partial charge in [-0.05, 0) is 204 Å². The van der Waals surface area contributed by atoms with Crippen molar-refractivity contribution in [1.29, 1.82) is 0 Å². The van der Waals surface area contributed by atoms with Crippen molar-refractivity contribution in [3.05, 3.63) is 378 Å². The molecule has 4 aliphatic rings. The molecular formula is C103H86BBrN8O2. The van der Waals surface area contributed by atoms with Gasteiger partial charge < -0.3 is 28.6 Å². The van der Waals surface area contributed by atoms with Crippen molar-refractivity contribution in [2.24, 2.45) is 0 Å². The van der Waals surface area contributed by atoms with Crippen LogP contribution in [0.25, 0.3) is 83.3 Å². The Morgan fingerprint density at radius 1 is 0.261 bits per heavy atom. The number of halogens is 1. The Morgan fingerprint density at radius 2 is 0.513 bits per heavy atom. The van der Waals surface area contributed by atoms with Gasteiger partial charge in [-0.1, -0.05) is 260 Å². The first-order valence-electron chi connectivity index (χ1n) is 39.6. The minimum atomic E-state index is -0.348. The molecule has 1 saturated heterocycles. The van der Waals surface area contributed by atoms with E-state index in [1.54, 1.807) is 0 Å². The molecule has 0 aliphatic carbocycles. The number of aromatic nitrogens is 5. The van der Waals surface area contributed by atoms with Crippen LogP contribution < -0.4 is 20.2 Å². The first-order chi connectivity index (χ1) is 55.7. The van der Waals surface area contributed by atoms with E-state index in [-0.39, 0.29) is 34.6 Å². The van der Waals surface area contributed by atoms with Crippen LogP contribution in [-0.4, -0.2) is 42.8 Å². The molecule has 10 nitrogen and oxygen atoms in total. The Balaban J connectivity index is 0.000000124. The van der Waals surface area contributed by atoms with Gasteiger partial charge >= 0.3 is 7.12 Å². The van der Waals surface area contributed by atoms with E-state index in [0.29, 0.717) is 0 Å². The molecule has 3 aromatic heterocycles. The summed E-state index contributed by atoms with van der Waals surface area (Å²) in [6.45, 7) is 22.3. The summed E-state index contributed by atoms with van der Waals surface area (Å²) in [4.78, 5) is 27.1. The highest BCUT2D eigenvalue weighted by Crippen LogP contribution is 2.56. The van der Waals surface area contributed by atoms with Crippen molar-refractivity contribution in [2.75, 3.05) is 14.7 Å². The Morgan fingerprint density at radius 3 is 0.843 bits per heavy atom. The fourth-order valence-electron chi connectivity index (χ4n) is 17.7. The highest BCUT2D eigenvalue weighted by atomic mass is 79.9. The zero-order chi connectivity index (χ0) is 78.7. The van der Waals surface area contributed by atoms with Crippen LogP contribution in [0.1, 0.15) is 103 Å². The summed E-state index contributed by atoms with van der Waals surface area (Å²) in [5, 5.41) is 2.53. The van der Waals surface area contributed by atoms with Gasteiger partial charge in [-0.25, -0.2) is 19.9 Å². The topological polar surface area (TPSA) is 84.7 Å². The molecule has 21 rings (SSSR count). The minimum Gasteiger partial charge on any atom is -0.399 e. The van der Waals surface area contributed by atoms with E-state index >= 15 is 0 Å². The van der Waals surface area contributed by atoms with E-state index < -0.39 is 0 Å². The Labute approximate surface area is 681 Å². The van der Waals surface area contributed by atoms with Crippen molar-refractivity contribution >= 4 is 124 Å². The van der Waals surface area contributed by atoms with Crippen LogP contribution in [0, 0.1) is 0 Å². The maximum absolute atomic E-state index is 6.24. The smallest absolute Gasteiger partial charge is 0.399 e. The molecule has 115 heavy (non-hydrogen) atoms. The first kappa shape index (κ1) is 72.7. The second kappa shape index (κ2) is 28.2. The predicted octanol–water partition coefficient (Wildman–Crippen LogP) is 26.4. The second-order valence-corrected chi connectivity index (χ2v) is 33.7. The predicted molar refractivity (Wildman–Crippen MR) is 480 cm³/mol. The Hall–Kier alpha value is -12.6. The summed E-state index contributed by atoms with van der Waals surface area (Å²) in [5.74, 6) is 0. The number of rotatable bonds is 8. The number of anilines is 9. The van der Waals surface area contributed by atoms with Gasteiger partial charge in [0.05, 0.1) is 89.8 Å². The second-order valence-electron chi connectivity index (χ2n) is 32.9. The number of fused-ring (bicyclic) bond motifs is 11. The van der Waals surface area contributed by atoms with Gasteiger partial charge in [-0.15, -0.1) is 0 Å². The molecule has 560 valence electrons. The summed E-state index contributed by atoms with van der Waals surface area (Å²) >= 11 is 3.60. The summed E-state index contributed by atoms with van der Waals surface area (Å²) in [6, 6.07) is 121. The summed E-state index contributed by atoms with van der Waals surface area (Å²) in [7, 11) is -0.348. The van der Waals surface area contributed by atoms with Gasteiger partial charge in [-0.2, -0.15) is 0 Å². The van der Waals surface area contributed by atoms with E-state index in [1.807, 2.05) is 48.5 Å². The van der Waals surface area contributed by atoms with Crippen LogP contribution in [0.3, 0.4) is 0 Å². The van der Waals surface area contributed by atoms with Gasteiger partial charge in [0.15, 0.2) is 0 Å². The highest BCUT2D eigenvalue weighted by molar-refractivity contribution is 9.10. The molecule has 17 aromatic rings. The molecule has 0 atom stereocenters. The van der Waals surface area contributed by atoms with E-state index in [0.717, 1.165) is 88.7 Å². The lowest BCUT2D eigenvalue weighted by atomic mass is 9.73. The third kappa shape index (κ3) is 12.4. The van der Waals surface area contributed by atoms with Crippen LogP contribution in [0.5, 0.6) is 0 Å². The van der Waals surface area contributed by atoms with E-state index in [1.165, 1.54) is 89.3 Å².